The molecule has 1 saturated heterocycles. The van der Waals surface area contributed by atoms with E-state index in [0.29, 0.717) is 6.10 Å². The highest BCUT2D eigenvalue weighted by Crippen LogP contribution is 2.27. The molecule has 0 aromatic carbocycles. The minimum absolute atomic E-state index is 0.173. The number of hydrogen-bond donors (Lipinski definition) is 2. The third-order valence-electron chi connectivity index (χ3n) is 3.81. The van der Waals surface area contributed by atoms with E-state index in [9.17, 15) is 9.90 Å². The van der Waals surface area contributed by atoms with E-state index in [1.807, 2.05) is 12.2 Å². The zero-order valence-electron chi connectivity index (χ0n) is 13.6. The maximum absolute atomic E-state index is 10.4. The fourth-order valence-corrected chi connectivity index (χ4v) is 2.41. The van der Waals surface area contributed by atoms with Crippen molar-refractivity contribution in [1.82, 2.24) is 0 Å². The van der Waals surface area contributed by atoms with Crippen molar-refractivity contribution in [2.75, 3.05) is 0 Å². The Labute approximate surface area is 133 Å². The summed E-state index contributed by atoms with van der Waals surface area (Å²) >= 11 is 0. The van der Waals surface area contributed by atoms with Gasteiger partial charge in [0.05, 0.1) is 12.2 Å². The van der Waals surface area contributed by atoms with Gasteiger partial charge < -0.3 is 14.9 Å². The molecule has 0 bridgehead atoms. The first-order valence-electron chi connectivity index (χ1n) is 8.52. The van der Waals surface area contributed by atoms with Crippen molar-refractivity contribution in [3.8, 4) is 0 Å². The minimum Gasteiger partial charge on any atom is -0.481 e. The van der Waals surface area contributed by atoms with E-state index in [1.54, 1.807) is 0 Å². The molecule has 2 N–H and O–H groups in total. The smallest absolute Gasteiger partial charge is 0.303 e. The first-order chi connectivity index (χ1) is 10.6. The number of rotatable bonds is 13. The number of carbonyl (C=O) groups is 1. The second kappa shape index (κ2) is 11.4. The second-order valence-corrected chi connectivity index (χ2v) is 5.91. The van der Waals surface area contributed by atoms with Gasteiger partial charge in [0.25, 0.3) is 0 Å². The average molecular weight is 310 g/mol. The van der Waals surface area contributed by atoms with Crippen LogP contribution in [-0.2, 0) is 9.53 Å². The quantitative estimate of drug-likeness (QED) is 0.308. The third kappa shape index (κ3) is 9.74. The van der Waals surface area contributed by atoms with Crippen LogP contribution in [-0.4, -0.2) is 34.5 Å². The molecule has 1 fully saturated rings. The number of carboxylic acids is 1. The van der Waals surface area contributed by atoms with E-state index >= 15 is 0 Å². The van der Waals surface area contributed by atoms with Gasteiger partial charge in [-0.3, -0.25) is 4.79 Å². The van der Waals surface area contributed by atoms with Crippen LogP contribution >= 0.6 is 0 Å². The molecule has 4 heteroatoms. The molecule has 0 unspecified atom stereocenters. The van der Waals surface area contributed by atoms with Crippen LogP contribution in [0.3, 0.4) is 0 Å². The molecule has 0 aliphatic carbocycles. The summed E-state index contributed by atoms with van der Waals surface area (Å²) in [6, 6.07) is 0. The monoisotopic (exact) mass is 310 g/mol. The molecule has 0 aromatic rings. The summed E-state index contributed by atoms with van der Waals surface area (Å²) in [6.07, 6.45) is 16.0. The molecule has 126 valence electrons. The molecule has 3 atom stereocenters. The van der Waals surface area contributed by atoms with E-state index in [1.165, 1.54) is 0 Å². The summed E-state index contributed by atoms with van der Waals surface area (Å²) in [5, 5.41) is 18.4. The molecule has 1 aliphatic rings. The lowest BCUT2D eigenvalue weighted by Gasteiger charge is -2.05. The normalized spacial score (nSPS) is 22.5. The Bertz CT molecular complexity index is 362. The zero-order chi connectivity index (χ0) is 16.2. The minimum atomic E-state index is -0.716. The number of allylic oxidation sites excluding steroid dienone is 1. The fourth-order valence-electron chi connectivity index (χ4n) is 2.41. The summed E-state index contributed by atoms with van der Waals surface area (Å²) in [5.74, 6) is -0.716. The van der Waals surface area contributed by atoms with Crippen LogP contribution in [0.25, 0.3) is 0 Å². The van der Waals surface area contributed by atoms with Crippen molar-refractivity contribution in [3.63, 3.8) is 0 Å². The Morgan fingerprint density at radius 1 is 1.18 bits per heavy atom. The van der Waals surface area contributed by atoms with Crippen molar-refractivity contribution in [2.24, 2.45) is 0 Å². The molecule has 0 aromatic heterocycles. The average Bonchev–Trinajstić information content (AvgIpc) is 3.22. The summed E-state index contributed by atoms with van der Waals surface area (Å²) in [6.45, 7) is 2.12. The van der Waals surface area contributed by atoms with Crippen LogP contribution in [0.2, 0.25) is 0 Å². The highest BCUT2D eigenvalue weighted by molar-refractivity contribution is 5.66. The molecule has 1 aliphatic heterocycles. The first-order valence-corrected chi connectivity index (χ1v) is 8.52. The number of ether oxygens (including phenoxy) is 1. The van der Waals surface area contributed by atoms with E-state index in [4.69, 9.17) is 9.84 Å². The predicted octanol–water partition coefficient (Wildman–Crippen LogP) is 3.84. The van der Waals surface area contributed by atoms with Crippen molar-refractivity contribution in [2.45, 2.75) is 83.0 Å². The van der Waals surface area contributed by atoms with Crippen LogP contribution in [0, 0.1) is 0 Å². The number of unbranched alkanes of at least 4 members (excludes halogenated alkanes) is 4. The van der Waals surface area contributed by atoms with Gasteiger partial charge in [-0.05, 0) is 25.7 Å². The van der Waals surface area contributed by atoms with Gasteiger partial charge in [-0.2, -0.15) is 0 Å². The number of hydrogen-bond acceptors (Lipinski definition) is 3. The Morgan fingerprint density at radius 2 is 1.91 bits per heavy atom. The largest absolute Gasteiger partial charge is 0.481 e. The van der Waals surface area contributed by atoms with Crippen LogP contribution in [0.15, 0.2) is 24.3 Å². The van der Waals surface area contributed by atoms with Gasteiger partial charge in [-0.25, -0.2) is 0 Å². The van der Waals surface area contributed by atoms with Crippen LogP contribution in [0.1, 0.15) is 64.7 Å². The fraction of sp³-hybridized carbons (Fsp3) is 0.722. The SMILES string of the molecule is CC/C=C\C[C@@H]1O[C@@H]1/C=C/[C@@H](O)CCCCCCCC(=O)O. The third-order valence-corrected chi connectivity index (χ3v) is 3.81. The number of carboxylic acid groups (broad SMARTS) is 1. The van der Waals surface area contributed by atoms with E-state index in [2.05, 4.69) is 19.1 Å². The predicted molar refractivity (Wildman–Crippen MR) is 87.8 cm³/mol. The molecular formula is C18H30O4. The number of aliphatic hydroxyl groups is 1. The van der Waals surface area contributed by atoms with Gasteiger partial charge in [-0.15, -0.1) is 0 Å². The Balaban J connectivity index is 1.95. The Kier molecular flexibility index (Phi) is 9.84. The van der Waals surface area contributed by atoms with Gasteiger partial charge in [0, 0.05) is 6.42 Å². The molecule has 0 radical (unpaired) electrons. The lowest BCUT2D eigenvalue weighted by molar-refractivity contribution is -0.137. The summed E-state index contributed by atoms with van der Waals surface area (Å²) in [5.41, 5.74) is 0. The van der Waals surface area contributed by atoms with Crippen molar-refractivity contribution >= 4 is 5.97 Å². The molecule has 0 amide bonds. The van der Waals surface area contributed by atoms with Crippen molar-refractivity contribution in [1.29, 1.82) is 0 Å². The van der Waals surface area contributed by atoms with Crippen molar-refractivity contribution in [3.05, 3.63) is 24.3 Å². The van der Waals surface area contributed by atoms with Crippen LogP contribution in [0.5, 0.6) is 0 Å². The van der Waals surface area contributed by atoms with Gasteiger partial charge in [0.15, 0.2) is 0 Å². The summed E-state index contributed by atoms with van der Waals surface area (Å²) < 4.78 is 5.51. The highest BCUT2D eigenvalue weighted by atomic mass is 16.6. The summed E-state index contributed by atoms with van der Waals surface area (Å²) in [7, 11) is 0. The number of aliphatic hydroxyl groups excluding tert-OH is 1. The molecule has 4 nitrogen and oxygen atoms in total. The van der Waals surface area contributed by atoms with Crippen LogP contribution in [0.4, 0.5) is 0 Å². The molecular weight excluding hydrogens is 280 g/mol. The standard InChI is InChI=1S/C18H30O4/c1-2-3-7-11-16-17(22-16)14-13-15(19)10-8-5-4-6-9-12-18(20)21/h3,7,13-17,19H,2,4-6,8-12H2,1H3,(H,20,21)/b7-3-,14-13+/t15-,16-,17+/m0/s1. The van der Waals surface area contributed by atoms with Gasteiger partial charge in [0.2, 0.25) is 0 Å². The van der Waals surface area contributed by atoms with E-state index in [0.717, 1.165) is 51.4 Å². The molecule has 0 spiro atoms. The lowest BCUT2D eigenvalue weighted by atomic mass is 10.1. The Hall–Kier alpha value is -1.13. The first kappa shape index (κ1) is 18.9. The molecule has 0 saturated carbocycles. The summed E-state index contributed by atoms with van der Waals surface area (Å²) in [4.78, 5) is 10.4. The number of aliphatic carboxylic acids is 1. The maximum atomic E-state index is 10.4. The topological polar surface area (TPSA) is 70.1 Å². The lowest BCUT2D eigenvalue weighted by Crippen LogP contribution is -2.02. The molecule has 1 heterocycles. The van der Waals surface area contributed by atoms with Gasteiger partial charge in [0.1, 0.15) is 6.10 Å². The van der Waals surface area contributed by atoms with Crippen LogP contribution < -0.4 is 0 Å². The maximum Gasteiger partial charge on any atom is 0.303 e. The molecule has 1 rings (SSSR count). The Morgan fingerprint density at radius 3 is 2.64 bits per heavy atom. The highest BCUT2D eigenvalue weighted by Gasteiger charge is 2.34. The van der Waals surface area contributed by atoms with Gasteiger partial charge >= 0.3 is 5.97 Å². The van der Waals surface area contributed by atoms with Crippen molar-refractivity contribution < 1.29 is 19.7 Å². The van der Waals surface area contributed by atoms with E-state index in [-0.39, 0.29) is 12.5 Å². The second-order valence-electron chi connectivity index (χ2n) is 5.91. The molecule has 22 heavy (non-hydrogen) atoms. The zero-order valence-corrected chi connectivity index (χ0v) is 13.6. The number of epoxide rings is 1. The van der Waals surface area contributed by atoms with E-state index < -0.39 is 12.1 Å². The van der Waals surface area contributed by atoms with Gasteiger partial charge in [-0.1, -0.05) is 56.9 Å².